The van der Waals surface area contributed by atoms with Crippen LogP contribution in [-0.4, -0.2) is 46.1 Å². The number of carbonyl (C=O) groups excluding carboxylic acids is 4. The number of amides is 5. The molecule has 0 unspecified atom stereocenters. The lowest BCUT2D eigenvalue weighted by Crippen LogP contribution is -2.46. The molecule has 0 bridgehead atoms. The Morgan fingerprint density at radius 3 is 2.37 bits per heavy atom. The summed E-state index contributed by atoms with van der Waals surface area (Å²) in [7, 11) is 0. The molecule has 1 aliphatic heterocycles. The summed E-state index contributed by atoms with van der Waals surface area (Å²) in [5.74, 6) is -4.98. The SMILES string of the molecule is C[C@H]1CCCC[C@H]1N1C(=O)C(=O)N(CC(=O)Nc2c(F)cccc2F)C1=O. The maximum atomic E-state index is 13.6. The molecule has 7 nitrogen and oxygen atoms in total. The molecule has 1 aromatic carbocycles. The van der Waals surface area contributed by atoms with E-state index in [-0.39, 0.29) is 12.0 Å². The van der Waals surface area contributed by atoms with E-state index in [0.29, 0.717) is 11.3 Å². The van der Waals surface area contributed by atoms with Crippen LogP contribution in [0.3, 0.4) is 0 Å². The second kappa shape index (κ2) is 7.42. The van der Waals surface area contributed by atoms with Crippen molar-refractivity contribution in [1.29, 1.82) is 0 Å². The third-order valence-corrected chi connectivity index (χ3v) is 5.01. The summed E-state index contributed by atoms with van der Waals surface area (Å²) in [6.45, 7) is 1.11. The molecule has 1 aromatic rings. The van der Waals surface area contributed by atoms with Gasteiger partial charge in [-0.05, 0) is 30.9 Å². The van der Waals surface area contributed by atoms with Crippen molar-refractivity contribution in [2.45, 2.75) is 38.6 Å². The van der Waals surface area contributed by atoms with Gasteiger partial charge in [0.05, 0.1) is 0 Å². The van der Waals surface area contributed by atoms with Gasteiger partial charge in [-0.2, -0.15) is 0 Å². The van der Waals surface area contributed by atoms with Gasteiger partial charge < -0.3 is 5.32 Å². The normalized spacial score (nSPS) is 23.1. The van der Waals surface area contributed by atoms with E-state index in [0.717, 1.165) is 42.4 Å². The standard InChI is InChI=1S/C18H19F2N3O4/c1-10-5-2-3-8-13(10)23-17(26)16(25)22(18(23)27)9-14(24)21-15-11(19)6-4-7-12(15)20/h4,6-7,10,13H,2-3,5,8-9H2,1H3,(H,21,24)/t10-,13+/m0/s1. The number of nitrogens with one attached hydrogen (secondary N) is 1. The van der Waals surface area contributed by atoms with E-state index in [4.69, 9.17) is 0 Å². The number of hydrogen-bond acceptors (Lipinski definition) is 4. The van der Waals surface area contributed by atoms with Gasteiger partial charge in [0.25, 0.3) is 0 Å². The molecule has 1 heterocycles. The van der Waals surface area contributed by atoms with Gasteiger partial charge in [0.1, 0.15) is 23.9 Å². The highest BCUT2D eigenvalue weighted by Crippen LogP contribution is 2.31. The maximum Gasteiger partial charge on any atom is 0.334 e. The number of para-hydroxylation sites is 1. The highest BCUT2D eigenvalue weighted by molar-refractivity contribution is 6.45. The van der Waals surface area contributed by atoms with Gasteiger partial charge in [-0.15, -0.1) is 0 Å². The topological polar surface area (TPSA) is 86.8 Å². The number of carbonyl (C=O) groups is 4. The van der Waals surface area contributed by atoms with Gasteiger partial charge in [-0.3, -0.25) is 19.3 Å². The first-order valence-electron chi connectivity index (χ1n) is 8.74. The molecule has 1 N–H and O–H groups in total. The van der Waals surface area contributed by atoms with Crippen molar-refractivity contribution < 1.29 is 28.0 Å². The van der Waals surface area contributed by atoms with E-state index in [2.05, 4.69) is 0 Å². The molecule has 0 spiro atoms. The first kappa shape index (κ1) is 18.9. The van der Waals surface area contributed by atoms with Crippen LogP contribution in [0.2, 0.25) is 0 Å². The van der Waals surface area contributed by atoms with Crippen molar-refractivity contribution in [2.75, 3.05) is 11.9 Å². The highest BCUT2D eigenvalue weighted by Gasteiger charge is 2.49. The van der Waals surface area contributed by atoms with Crippen LogP contribution in [0.25, 0.3) is 0 Å². The van der Waals surface area contributed by atoms with E-state index in [1.807, 2.05) is 12.2 Å². The highest BCUT2D eigenvalue weighted by atomic mass is 19.1. The fourth-order valence-electron chi connectivity index (χ4n) is 3.57. The van der Waals surface area contributed by atoms with Crippen LogP contribution in [0.1, 0.15) is 32.6 Å². The maximum absolute atomic E-state index is 13.6. The minimum Gasteiger partial charge on any atom is -0.320 e. The van der Waals surface area contributed by atoms with Crippen molar-refractivity contribution >= 4 is 29.4 Å². The first-order chi connectivity index (χ1) is 12.8. The van der Waals surface area contributed by atoms with Crippen molar-refractivity contribution in [1.82, 2.24) is 9.80 Å². The fourth-order valence-corrected chi connectivity index (χ4v) is 3.57. The molecule has 27 heavy (non-hydrogen) atoms. The molecule has 5 amide bonds. The molecule has 2 atom stereocenters. The van der Waals surface area contributed by atoms with Crippen LogP contribution >= 0.6 is 0 Å². The van der Waals surface area contributed by atoms with E-state index >= 15 is 0 Å². The fraction of sp³-hybridized carbons (Fsp3) is 0.444. The van der Waals surface area contributed by atoms with Gasteiger partial charge in [-0.1, -0.05) is 25.8 Å². The molecule has 1 aliphatic carbocycles. The van der Waals surface area contributed by atoms with E-state index in [1.54, 1.807) is 0 Å². The Hall–Kier alpha value is -2.84. The summed E-state index contributed by atoms with van der Waals surface area (Å²) in [5, 5.41) is 2.00. The Balaban J connectivity index is 1.73. The molecule has 1 saturated heterocycles. The molecule has 0 aromatic heterocycles. The number of halogens is 2. The van der Waals surface area contributed by atoms with Crippen molar-refractivity contribution in [3.8, 4) is 0 Å². The number of benzene rings is 1. The summed E-state index contributed by atoms with van der Waals surface area (Å²) in [6, 6.07) is 1.80. The monoisotopic (exact) mass is 379 g/mol. The summed E-state index contributed by atoms with van der Waals surface area (Å²) < 4.78 is 27.2. The molecular weight excluding hydrogens is 360 g/mol. The van der Waals surface area contributed by atoms with Crippen molar-refractivity contribution in [2.24, 2.45) is 5.92 Å². The Kier molecular flexibility index (Phi) is 5.20. The molecule has 0 radical (unpaired) electrons. The molecule has 2 fully saturated rings. The van der Waals surface area contributed by atoms with Crippen LogP contribution < -0.4 is 5.32 Å². The molecule has 2 aliphatic rings. The minimum atomic E-state index is -1.11. The van der Waals surface area contributed by atoms with Gasteiger partial charge in [0.2, 0.25) is 5.91 Å². The van der Waals surface area contributed by atoms with Gasteiger partial charge in [0, 0.05) is 6.04 Å². The van der Waals surface area contributed by atoms with E-state index < -0.39 is 47.6 Å². The van der Waals surface area contributed by atoms with Crippen LogP contribution in [0.15, 0.2) is 18.2 Å². The number of hydrogen-bond donors (Lipinski definition) is 1. The number of anilines is 1. The number of rotatable bonds is 4. The summed E-state index contributed by atoms with van der Waals surface area (Å²) in [5.41, 5.74) is -0.675. The minimum absolute atomic E-state index is 0.0562. The number of imide groups is 2. The zero-order chi connectivity index (χ0) is 19.7. The zero-order valence-corrected chi connectivity index (χ0v) is 14.7. The van der Waals surface area contributed by atoms with Crippen LogP contribution in [0.5, 0.6) is 0 Å². The first-order valence-corrected chi connectivity index (χ1v) is 8.74. The van der Waals surface area contributed by atoms with Gasteiger partial charge >= 0.3 is 17.8 Å². The Bertz CT molecular complexity index is 794. The third kappa shape index (κ3) is 3.54. The summed E-state index contributed by atoms with van der Waals surface area (Å²) >= 11 is 0. The lowest BCUT2D eigenvalue weighted by Gasteiger charge is -2.34. The molecule has 3 rings (SSSR count). The summed E-state index contributed by atoms with van der Waals surface area (Å²) in [4.78, 5) is 50.6. The molecule has 144 valence electrons. The second-order valence-corrected chi connectivity index (χ2v) is 6.82. The molecule has 1 saturated carbocycles. The lowest BCUT2D eigenvalue weighted by molar-refractivity contribution is -0.145. The predicted molar refractivity (Wildman–Crippen MR) is 90.4 cm³/mol. The smallest absolute Gasteiger partial charge is 0.320 e. The van der Waals surface area contributed by atoms with Crippen LogP contribution in [0, 0.1) is 17.6 Å². The average molecular weight is 379 g/mol. The van der Waals surface area contributed by atoms with Crippen molar-refractivity contribution in [3.63, 3.8) is 0 Å². The third-order valence-electron chi connectivity index (χ3n) is 5.01. The largest absolute Gasteiger partial charge is 0.334 e. The van der Waals surface area contributed by atoms with E-state index in [9.17, 15) is 28.0 Å². The zero-order valence-electron chi connectivity index (χ0n) is 14.7. The van der Waals surface area contributed by atoms with E-state index in [1.165, 1.54) is 0 Å². The quantitative estimate of drug-likeness (QED) is 0.642. The average Bonchev–Trinajstić information content (AvgIpc) is 2.83. The Morgan fingerprint density at radius 2 is 1.74 bits per heavy atom. The number of nitrogens with zero attached hydrogens (tertiary/aromatic N) is 2. The number of urea groups is 1. The van der Waals surface area contributed by atoms with Gasteiger partial charge in [0.15, 0.2) is 0 Å². The Morgan fingerprint density at radius 1 is 1.11 bits per heavy atom. The predicted octanol–water partition coefficient (Wildman–Crippen LogP) is 2.27. The van der Waals surface area contributed by atoms with Crippen molar-refractivity contribution in [3.05, 3.63) is 29.8 Å². The Labute approximate surface area is 154 Å². The lowest BCUT2D eigenvalue weighted by atomic mass is 9.85. The van der Waals surface area contributed by atoms with Crippen LogP contribution in [0.4, 0.5) is 19.3 Å². The second-order valence-electron chi connectivity index (χ2n) is 6.82. The molecular formula is C18H19F2N3O4. The van der Waals surface area contributed by atoms with Crippen LogP contribution in [-0.2, 0) is 14.4 Å². The molecule has 9 heteroatoms. The van der Waals surface area contributed by atoms with Gasteiger partial charge in [-0.25, -0.2) is 18.5 Å². The summed E-state index contributed by atoms with van der Waals surface area (Å²) in [6.07, 6.45) is 3.27.